The Hall–Kier alpha value is -0.650. The number of nitrogens with one attached hydrogen (secondary N) is 1. The summed E-state index contributed by atoms with van der Waals surface area (Å²) in [6.45, 7) is 8.09. The molecule has 1 atom stereocenters. The Labute approximate surface area is 116 Å². The minimum atomic E-state index is 0.00931. The van der Waals surface area contributed by atoms with Crippen molar-refractivity contribution in [1.82, 2.24) is 15.1 Å². The minimum Gasteiger partial charge on any atom is -0.352 e. The van der Waals surface area contributed by atoms with Gasteiger partial charge in [-0.2, -0.15) is 0 Å². The quantitative estimate of drug-likeness (QED) is 0.712. The highest BCUT2D eigenvalue weighted by Gasteiger charge is 2.29. The van der Waals surface area contributed by atoms with Crippen molar-refractivity contribution in [3.8, 4) is 0 Å². The zero-order valence-corrected chi connectivity index (χ0v) is 12.1. The topological polar surface area (TPSA) is 61.6 Å². The van der Waals surface area contributed by atoms with E-state index in [1.807, 2.05) is 6.92 Å². The summed E-state index contributed by atoms with van der Waals surface area (Å²) in [5, 5.41) is 3.11. The van der Waals surface area contributed by atoms with E-state index in [1.165, 1.54) is 0 Å². The van der Waals surface area contributed by atoms with Crippen LogP contribution in [-0.4, -0.2) is 67.1 Å². The Balaban J connectivity index is 1.75. The molecule has 1 amide bonds. The summed E-state index contributed by atoms with van der Waals surface area (Å²) in [5.41, 5.74) is 5.56. The van der Waals surface area contributed by atoms with E-state index in [4.69, 9.17) is 5.73 Å². The van der Waals surface area contributed by atoms with Gasteiger partial charge >= 0.3 is 0 Å². The molecule has 0 aromatic heterocycles. The van der Waals surface area contributed by atoms with Gasteiger partial charge in [-0.25, -0.2) is 0 Å². The highest BCUT2D eigenvalue weighted by molar-refractivity contribution is 5.81. The van der Waals surface area contributed by atoms with Gasteiger partial charge in [-0.05, 0) is 52.2 Å². The lowest BCUT2D eigenvalue weighted by Gasteiger charge is -2.27. The van der Waals surface area contributed by atoms with Crippen LogP contribution in [-0.2, 0) is 4.79 Å². The molecule has 5 nitrogen and oxygen atoms in total. The highest BCUT2D eigenvalue weighted by Crippen LogP contribution is 2.19. The van der Waals surface area contributed by atoms with Gasteiger partial charge in [0.1, 0.15) is 0 Å². The molecular weight excluding hydrogens is 240 g/mol. The van der Waals surface area contributed by atoms with Crippen LogP contribution in [0.1, 0.15) is 32.6 Å². The molecule has 0 spiro atoms. The van der Waals surface area contributed by atoms with Crippen LogP contribution in [0.5, 0.6) is 0 Å². The van der Waals surface area contributed by atoms with E-state index in [2.05, 4.69) is 15.1 Å². The first-order valence-corrected chi connectivity index (χ1v) is 7.67. The maximum absolute atomic E-state index is 12.1. The molecule has 0 aromatic carbocycles. The monoisotopic (exact) mass is 268 g/mol. The van der Waals surface area contributed by atoms with Crippen LogP contribution in [0.3, 0.4) is 0 Å². The second kappa shape index (κ2) is 7.22. The number of carbonyl (C=O) groups excluding carboxylic acids is 1. The van der Waals surface area contributed by atoms with E-state index in [0.29, 0.717) is 6.04 Å². The molecule has 1 aliphatic heterocycles. The van der Waals surface area contributed by atoms with Gasteiger partial charge < -0.3 is 16.0 Å². The van der Waals surface area contributed by atoms with Gasteiger partial charge in [0.05, 0.1) is 6.04 Å². The number of hydrogen-bond donors (Lipinski definition) is 2. The molecule has 1 saturated carbocycles. The van der Waals surface area contributed by atoms with E-state index >= 15 is 0 Å². The van der Waals surface area contributed by atoms with E-state index < -0.39 is 0 Å². The lowest BCUT2D eigenvalue weighted by atomic mass is 10.2. The molecule has 3 N–H and O–H groups in total. The van der Waals surface area contributed by atoms with Gasteiger partial charge in [0.25, 0.3) is 0 Å². The molecular formula is C14H28N4O. The zero-order chi connectivity index (χ0) is 13.7. The Bertz CT molecular complexity index is 293. The van der Waals surface area contributed by atoms with Crippen LogP contribution in [0.25, 0.3) is 0 Å². The first-order chi connectivity index (χ1) is 9.20. The molecule has 1 aliphatic carbocycles. The van der Waals surface area contributed by atoms with E-state index in [0.717, 1.165) is 65.0 Å². The summed E-state index contributed by atoms with van der Waals surface area (Å²) >= 11 is 0. The predicted octanol–water partition coefficient (Wildman–Crippen LogP) is 0.0100. The van der Waals surface area contributed by atoms with E-state index in [-0.39, 0.29) is 11.9 Å². The molecule has 110 valence electrons. The highest BCUT2D eigenvalue weighted by atomic mass is 16.2. The molecule has 5 heteroatoms. The first kappa shape index (κ1) is 14.8. The summed E-state index contributed by atoms with van der Waals surface area (Å²) in [7, 11) is 0. The van der Waals surface area contributed by atoms with Crippen molar-refractivity contribution >= 4 is 5.91 Å². The second-order valence-corrected chi connectivity index (χ2v) is 5.83. The molecule has 2 aliphatic rings. The number of amides is 1. The molecule has 2 rings (SSSR count). The van der Waals surface area contributed by atoms with Crippen LogP contribution >= 0.6 is 0 Å². The van der Waals surface area contributed by atoms with Crippen LogP contribution in [0.15, 0.2) is 0 Å². The number of hydrogen-bond acceptors (Lipinski definition) is 4. The van der Waals surface area contributed by atoms with Gasteiger partial charge in [-0.1, -0.05) is 0 Å². The fraction of sp³-hybridized carbons (Fsp3) is 0.929. The van der Waals surface area contributed by atoms with Crippen molar-refractivity contribution in [1.29, 1.82) is 0 Å². The fourth-order valence-corrected chi connectivity index (χ4v) is 2.63. The molecule has 0 aromatic rings. The maximum Gasteiger partial charge on any atom is 0.237 e. The average Bonchev–Trinajstić information content (AvgIpc) is 3.22. The van der Waals surface area contributed by atoms with Gasteiger partial charge in [-0.3, -0.25) is 9.69 Å². The molecule has 1 unspecified atom stereocenters. The minimum absolute atomic E-state index is 0.00931. The summed E-state index contributed by atoms with van der Waals surface area (Å²) in [5.74, 6) is 0.206. The number of carbonyl (C=O) groups is 1. The fourth-order valence-electron chi connectivity index (χ4n) is 2.63. The lowest BCUT2D eigenvalue weighted by Crippen LogP contribution is -2.47. The number of nitrogens with two attached hydrogens (primary N) is 1. The standard InChI is InChI=1S/C14H28N4O/c1-12(14(19)16-13-4-5-13)18-9-3-8-17(10-11-18)7-2-6-15/h12-13H,2-11,15H2,1H3,(H,16,19). The molecule has 0 radical (unpaired) electrons. The van der Waals surface area contributed by atoms with Crippen LogP contribution in [0.4, 0.5) is 0 Å². The Morgan fingerprint density at radius 1 is 1.32 bits per heavy atom. The number of nitrogens with zero attached hydrogens (tertiary/aromatic N) is 2. The van der Waals surface area contributed by atoms with Gasteiger partial charge in [0.2, 0.25) is 5.91 Å². The summed E-state index contributed by atoms with van der Waals surface area (Å²) in [6, 6.07) is 0.470. The normalized spacial score (nSPS) is 23.9. The van der Waals surface area contributed by atoms with Crippen molar-refractivity contribution in [2.75, 3.05) is 39.3 Å². The Morgan fingerprint density at radius 3 is 2.79 bits per heavy atom. The van der Waals surface area contributed by atoms with Crippen molar-refractivity contribution in [2.24, 2.45) is 5.73 Å². The third kappa shape index (κ3) is 4.75. The van der Waals surface area contributed by atoms with E-state index in [1.54, 1.807) is 0 Å². The van der Waals surface area contributed by atoms with E-state index in [9.17, 15) is 4.79 Å². The molecule has 1 heterocycles. The van der Waals surface area contributed by atoms with Crippen molar-refractivity contribution < 1.29 is 4.79 Å². The average molecular weight is 268 g/mol. The molecule has 2 fully saturated rings. The maximum atomic E-state index is 12.1. The SMILES string of the molecule is CC(C(=O)NC1CC1)N1CCCN(CCCN)CC1. The third-order valence-electron chi connectivity index (χ3n) is 4.15. The number of rotatable bonds is 6. The smallest absolute Gasteiger partial charge is 0.237 e. The molecule has 1 saturated heterocycles. The van der Waals surface area contributed by atoms with Gasteiger partial charge in [0, 0.05) is 25.7 Å². The van der Waals surface area contributed by atoms with Crippen molar-refractivity contribution in [2.45, 2.75) is 44.7 Å². The zero-order valence-electron chi connectivity index (χ0n) is 12.1. The predicted molar refractivity (Wildman–Crippen MR) is 76.9 cm³/mol. The molecule has 0 bridgehead atoms. The lowest BCUT2D eigenvalue weighted by molar-refractivity contribution is -0.126. The third-order valence-corrected chi connectivity index (χ3v) is 4.15. The summed E-state index contributed by atoms with van der Waals surface area (Å²) in [6.07, 6.45) is 4.53. The van der Waals surface area contributed by atoms with Crippen molar-refractivity contribution in [3.63, 3.8) is 0 Å². The van der Waals surface area contributed by atoms with Gasteiger partial charge in [0.15, 0.2) is 0 Å². The Kier molecular flexibility index (Phi) is 5.60. The molecule has 19 heavy (non-hydrogen) atoms. The largest absolute Gasteiger partial charge is 0.352 e. The van der Waals surface area contributed by atoms with Crippen molar-refractivity contribution in [3.05, 3.63) is 0 Å². The summed E-state index contributed by atoms with van der Waals surface area (Å²) in [4.78, 5) is 16.9. The van der Waals surface area contributed by atoms with Crippen LogP contribution in [0.2, 0.25) is 0 Å². The first-order valence-electron chi connectivity index (χ1n) is 7.67. The van der Waals surface area contributed by atoms with Gasteiger partial charge in [-0.15, -0.1) is 0 Å². The second-order valence-electron chi connectivity index (χ2n) is 5.83. The van der Waals surface area contributed by atoms with Crippen LogP contribution in [0, 0.1) is 0 Å². The summed E-state index contributed by atoms with van der Waals surface area (Å²) < 4.78 is 0. The van der Waals surface area contributed by atoms with Crippen LogP contribution < -0.4 is 11.1 Å². The Morgan fingerprint density at radius 2 is 2.11 bits per heavy atom.